The van der Waals surface area contributed by atoms with Crippen molar-refractivity contribution in [2.45, 2.75) is 69.3 Å². The van der Waals surface area contributed by atoms with Crippen LogP contribution in [0.4, 0.5) is 0 Å². The maximum absolute atomic E-state index is 12.9. The van der Waals surface area contributed by atoms with Gasteiger partial charge in [-0.15, -0.1) is 5.10 Å². The molecule has 1 aliphatic carbocycles. The molecule has 0 aliphatic heterocycles. The summed E-state index contributed by atoms with van der Waals surface area (Å²) in [6.07, 6.45) is 7.13. The van der Waals surface area contributed by atoms with Crippen LogP contribution in [-0.2, 0) is 5.75 Å². The van der Waals surface area contributed by atoms with Gasteiger partial charge in [0, 0.05) is 28.7 Å². The van der Waals surface area contributed by atoms with Crippen molar-refractivity contribution in [3.63, 3.8) is 0 Å². The number of carbonyl (C=O) groups excluding carboxylic acids is 1. The molecule has 0 unspecified atom stereocenters. The molecule has 1 fully saturated rings. The van der Waals surface area contributed by atoms with E-state index in [1.807, 2.05) is 44.2 Å². The van der Waals surface area contributed by atoms with Crippen LogP contribution in [0.5, 0.6) is 0 Å². The number of aromatic nitrogens is 4. The van der Waals surface area contributed by atoms with Crippen molar-refractivity contribution < 1.29 is 4.79 Å². The van der Waals surface area contributed by atoms with Gasteiger partial charge in [-0.05, 0) is 44.4 Å². The first-order chi connectivity index (χ1) is 14.1. The van der Waals surface area contributed by atoms with Crippen molar-refractivity contribution in [3.05, 3.63) is 52.8 Å². The third-order valence-electron chi connectivity index (χ3n) is 5.41. The lowest BCUT2D eigenvalue weighted by Crippen LogP contribution is -2.34. The fourth-order valence-electron chi connectivity index (χ4n) is 3.91. The predicted molar refractivity (Wildman–Crippen MR) is 115 cm³/mol. The second kappa shape index (κ2) is 8.95. The highest BCUT2D eigenvalue weighted by molar-refractivity contribution is 7.98. The minimum atomic E-state index is 0.0317. The van der Waals surface area contributed by atoms with Crippen LogP contribution in [0.1, 0.15) is 65.8 Å². The quantitative estimate of drug-likeness (QED) is 0.497. The van der Waals surface area contributed by atoms with Crippen molar-refractivity contribution in [1.29, 1.82) is 0 Å². The number of hydrogen-bond donors (Lipinski definition) is 1. The van der Waals surface area contributed by atoms with Gasteiger partial charge in [-0.2, -0.15) is 4.98 Å². The molecule has 4 rings (SSSR count). The normalized spacial score (nSPS) is 15.4. The molecule has 1 aromatic carbocycles. The predicted octanol–water partition coefficient (Wildman–Crippen LogP) is 4.49. The highest BCUT2D eigenvalue weighted by atomic mass is 32.2. The van der Waals surface area contributed by atoms with Crippen LogP contribution in [0.3, 0.4) is 0 Å². The number of amides is 1. The van der Waals surface area contributed by atoms with E-state index in [0.29, 0.717) is 22.7 Å². The molecule has 1 aliphatic rings. The first kappa shape index (κ1) is 19.9. The Hall–Kier alpha value is -2.41. The van der Waals surface area contributed by atoms with Crippen LogP contribution in [0.25, 0.3) is 5.78 Å². The number of nitrogens with one attached hydrogen (secondary N) is 1. The SMILES string of the molecule is Cc1cc(C)n2nc(SCc3ccccc3C(=O)NC3CCCCCC3)nc2n1. The van der Waals surface area contributed by atoms with Crippen LogP contribution in [-0.4, -0.2) is 31.5 Å². The van der Waals surface area contributed by atoms with E-state index < -0.39 is 0 Å². The van der Waals surface area contributed by atoms with Crippen molar-refractivity contribution >= 4 is 23.4 Å². The molecule has 0 radical (unpaired) electrons. The lowest BCUT2D eigenvalue weighted by Gasteiger charge is -2.17. The van der Waals surface area contributed by atoms with Crippen molar-refractivity contribution in [2.24, 2.45) is 0 Å². The molecule has 0 bridgehead atoms. The molecule has 3 aromatic rings. The number of rotatable bonds is 5. The molecule has 1 N–H and O–H groups in total. The van der Waals surface area contributed by atoms with Crippen LogP contribution >= 0.6 is 11.8 Å². The number of carbonyl (C=O) groups is 1. The monoisotopic (exact) mass is 409 g/mol. The van der Waals surface area contributed by atoms with Gasteiger partial charge in [0.2, 0.25) is 5.16 Å². The van der Waals surface area contributed by atoms with E-state index in [4.69, 9.17) is 0 Å². The topological polar surface area (TPSA) is 72.2 Å². The molecular weight excluding hydrogens is 382 g/mol. The fraction of sp³-hybridized carbons (Fsp3) is 0.455. The lowest BCUT2D eigenvalue weighted by atomic mass is 10.1. The van der Waals surface area contributed by atoms with Crippen molar-refractivity contribution in [2.75, 3.05) is 0 Å². The zero-order valence-electron chi connectivity index (χ0n) is 17.0. The second-order valence-corrected chi connectivity index (χ2v) is 8.70. The highest BCUT2D eigenvalue weighted by Crippen LogP contribution is 2.23. The van der Waals surface area contributed by atoms with Gasteiger partial charge in [0.25, 0.3) is 11.7 Å². The minimum absolute atomic E-state index is 0.0317. The Kier molecular flexibility index (Phi) is 6.13. The molecular formula is C22H27N5OS. The third-order valence-corrected chi connectivity index (χ3v) is 6.29. The number of benzene rings is 1. The van der Waals surface area contributed by atoms with Gasteiger partial charge in [-0.3, -0.25) is 4.79 Å². The molecule has 2 aromatic heterocycles. The summed E-state index contributed by atoms with van der Waals surface area (Å²) in [6.45, 7) is 3.95. The van der Waals surface area contributed by atoms with Gasteiger partial charge in [0.05, 0.1) is 0 Å². The van der Waals surface area contributed by atoms with Gasteiger partial charge in [-0.25, -0.2) is 9.50 Å². The minimum Gasteiger partial charge on any atom is -0.349 e. The van der Waals surface area contributed by atoms with E-state index in [1.165, 1.54) is 37.4 Å². The first-order valence-corrected chi connectivity index (χ1v) is 11.3. The Bertz CT molecular complexity index is 1010. The largest absolute Gasteiger partial charge is 0.349 e. The number of hydrogen-bond acceptors (Lipinski definition) is 5. The molecule has 1 saturated carbocycles. The Morgan fingerprint density at radius 2 is 1.90 bits per heavy atom. The fourth-order valence-corrected chi connectivity index (χ4v) is 4.73. The zero-order chi connectivity index (χ0) is 20.2. The molecule has 152 valence electrons. The summed E-state index contributed by atoms with van der Waals surface area (Å²) in [5.74, 6) is 1.29. The maximum Gasteiger partial charge on any atom is 0.253 e. The molecule has 0 spiro atoms. The van der Waals surface area contributed by atoms with Crippen molar-refractivity contribution in [1.82, 2.24) is 24.9 Å². The van der Waals surface area contributed by atoms with E-state index in [9.17, 15) is 4.79 Å². The third kappa shape index (κ3) is 4.78. The highest BCUT2D eigenvalue weighted by Gasteiger charge is 2.18. The summed E-state index contributed by atoms with van der Waals surface area (Å²) in [4.78, 5) is 21.9. The molecule has 6 nitrogen and oxygen atoms in total. The molecule has 1 amide bonds. The van der Waals surface area contributed by atoms with Gasteiger partial charge in [0.1, 0.15) is 0 Å². The van der Waals surface area contributed by atoms with Gasteiger partial charge in [-0.1, -0.05) is 55.6 Å². The van der Waals surface area contributed by atoms with E-state index in [1.54, 1.807) is 4.52 Å². The summed E-state index contributed by atoms with van der Waals surface area (Å²) in [7, 11) is 0. The van der Waals surface area contributed by atoms with Crippen LogP contribution in [0.15, 0.2) is 35.5 Å². The summed E-state index contributed by atoms with van der Waals surface area (Å²) < 4.78 is 1.76. The van der Waals surface area contributed by atoms with E-state index >= 15 is 0 Å². The number of nitrogens with zero attached hydrogens (tertiary/aromatic N) is 4. The number of fused-ring (bicyclic) bond motifs is 1. The van der Waals surface area contributed by atoms with Crippen LogP contribution in [0, 0.1) is 13.8 Å². The molecule has 0 saturated heterocycles. The maximum atomic E-state index is 12.9. The van der Waals surface area contributed by atoms with Gasteiger partial charge < -0.3 is 5.32 Å². The van der Waals surface area contributed by atoms with Crippen LogP contribution in [0.2, 0.25) is 0 Å². The second-order valence-electron chi connectivity index (χ2n) is 7.75. The standard InChI is InChI=1S/C22H27N5OS/c1-15-13-16(2)27-21(23-15)25-22(26-27)29-14-17-9-7-8-12-19(17)20(28)24-18-10-5-3-4-6-11-18/h7-9,12-13,18H,3-6,10-11,14H2,1-2H3,(H,24,28). The number of aryl methyl sites for hydroxylation is 2. The van der Waals surface area contributed by atoms with Crippen LogP contribution < -0.4 is 5.32 Å². The molecule has 0 atom stereocenters. The first-order valence-electron chi connectivity index (χ1n) is 10.3. The summed E-state index contributed by atoms with van der Waals surface area (Å²) >= 11 is 1.53. The average molecular weight is 410 g/mol. The summed E-state index contributed by atoms with van der Waals surface area (Å²) in [5, 5.41) is 8.48. The zero-order valence-corrected chi connectivity index (χ0v) is 17.8. The Morgan fingerprint density at radius 3 is 2.69 bits per heavy atom. The summed E-state index contributed by atoms with van der Waals surface area (Å²) in [6, 6.07) is 10.1. The molecule has 29 heavy (non-hydrogen) atoms. The summed E-state index contributed by atoms with van der Waals surface area (Å²) in [5.41, 5.74) is 3.69. The lowest BCUT2D eigenvalue weighted by molar-refractivity contribution is 0.0932. The Balaban J connectivity index is 1.47. The Labute approximate surface area is 175 Å². The molecule has 2 heterocycles. The van der Waals surface area contributed by atoms with E-state index in [2.05, 4.69) is 20.4 Å². The van der Waals surface area contributed by atoms with Crippen molar-refractivity contribution in [3.8, 4) is 0 Å². The van der Waals surface area contributed by atoms with E-state index in [0.717, 1.165) is 35.4 Å². The number of thioether (sulfide) groups is 1. The average Bonchev–Trinajstić information content (AvgIpc) is 2.94. The smallest absolute Gasteiger partial charge is 0.253 e. The Morgan fingerprint density at radius 1 is 1.14 bits per heavy atom. The van der Waals surface area contributed by atoms with Gasteiger partial charge >= 0.3 is 0 Å². The van der Waals surface area contributed by atoms with E-state index in [-0.39, 0.29) is 5.91 Å². The molecule has 7 heteroatoms. The van der Waals surface area contributed by atoms with Gasteiger partial charge in [0.15, 0.2) is 0 Å².